The monoisotopic (exact) mass is 421 g/mol. The molecule has 3 atom stereocenters. The van der Waals surface area contributed by atoms with Crippen LogP contribution in [0.4, 0.5) is 0 Å². The third-order valence-electron chi connectivity index (χ3n) is 6.15. The number of ether oxygens (including phenoxy) is 2. The average Bonchev–Trinajstić information content (AvgIpc) is 2.78. The minimum absolute atomic E-state index is 0.0185. The molecule has 1 N–H and O–H groups in total. The molecule has 0 aromatic heterocycles. The zero-order valence-corrected chi connectivity index (χ0v) is 18.0. The summed E-state index contributed by atoms with van der Waals surface area (Å²) in [5, 5.41) is 3.15. The number of carbonyl (C=O) groups excluding carboxylic acids is 2. The summed E-state index contributed by atoms with van der Waals surface area (Å²) in [5.41, 5.74) is 1.51. The number of carbonyl (C=O) groups is 2. The predicted octanol–water partition coefficient (Wildman–Crippen LogP) is 3.24. The molecular weight excluding hydrogens is 392 g/mol. The van der Waals surface area contributed by atoms with Crippen molar-refractivity contribution in [3.63, 3.8) is 0 Å². The summed E-state index contributed by atoms with van der Waals surface area (Å²) in [5.74, 6) is 0.976. The molecule has 31 heavy (non-hydrogen) atoms. The Kier molecular flexibility index (Phi) is 6.35. The van der Waals surface area contributed by atoms with Gasteiger partial charge in [0.15, 0.2) is 0 Å². The van der Waals surface area contributed by atoms with E-state index in [9.17, 15) is 9.59 Å². The summed E-state index contributed by atoms with van der Waals surface area (Å²) in [4.78, 5) is 26.1. The highest BCUT2D eigenvalue weighted by molar-refractivity contribution is 6.06. The van der Waals surface area contributed by atoms with Crippen molar-refractivity contribution in [3.8, 4) is 5.75 Å². The molecule has 6 nitrogen and oxygen atoms in total. The normalized spacial score (nSPS) is 26.5. The van der Waals surface area contributed by atoms with Gasteiger partial charge in [-0.05, 0) is 48.6 Å². The number of fused-ring (bicyclic) bond motifs is 1. The number of nitrogens with one attached hydrogen (secondary N) is 1. The average molecular weight is 422 g/mol. The lowest BCUT2D eigenvalue weighted by Gasteiger charge is -2.29. The van der Waals surface area contributed by atoms with E-state index in [0.29, 0.717) is 11.6 Å². The van der Waals surface area contributed by atoms with Crippen LogP contribution in [-0.2, 0) is 14.3 Å². The molecule has 3 unspecified atom stereocenters. The molecule has 1 aromatic carbocycles. The first-order chi connectivity index (χ1) is 15.0. The molecule has 1 fully saturated rings. The molecule has 6 heteroatoms. The van der Waals surface area contributed by atoms with E-state index in [4.69, 9.17) is 9.47 Å². The van der Waals surface area contributed by atoms with Gasteiger partial charge in [-0.25, -0.2) is 4.79 Å². The van der Waals surface area contributed by atoms with Gasteiger partial charge < -0.3 is 14.8 Å². The molecule has 0 radical (unpaired) electrons. The Morgan fingerprint density at radius 1 is 1.23 bits per heavy atom. The van der Waals surface area contributed by atoms with E-state index in [1.54, 1.807) is 13.2 Å². The fourth-order valence-corrected chi connectivity index (χ4v) is 4.33. The Labute approximate surface area is 182 Å². The van der Waals surface area contributed by atoms with Crippen LogP contribution in [0, 0.1) is 5.92 Å². The maximum Gasteiger partial charge on any atom is 0.455 e. The van der Waals surface area contributed by atoms with Gasteiger partial charge in [0.25, 0.3) is 5.91 Å². The summed E-state index contributed by atoms with van der Waals surface area (Å²) in [6.07, 6.45) is 13.2. The lowest BCUT2D eigenvalue weighted by molar-refractivity contribution is -0.443. The van der Waals surface area contributed by atoms with E-state index in [0.717, 1.165) is 30.6 Å². The summed E-state index contributed by atoms with van der Waals surface area (Å²) >= 11 is 0. The topological polar surface area (TPSA) is 67.6 Å². The largest absolute Gasteiger partial charge is 0.497 e. The van der Waals surface area contributed by atoms with Crippen molar-refractivity contribution in [2.75, 3.05) is 13.7 Å². The summed E-state index contributed by atoms with van der Waals surface area (Å²) in [6, 6.07) is 7.56. The van der Waals surface area contributed by atoms with Gasteiger partial charge in [0.1, 0.15) is 5.75 Å². The molecule has 1 aromatic rings. The highest BCUT2D eigenvalue weighted by Crippen LogP contribution is 2.24. The van der Waals surface area contributed by atoms with Crippen molar-refractivity contribution in [2.45, 2.75) is 44.8 Å². The van der Waals surface area contributed by atoms with E-state index in [-0.39, 0.29) is 30.2 Å². The molecule has 4 rings (SSSR count). The lowest BCUT2D eigenvalue weighted by atomic mass is 9.86. The maximum atomic E-state index is 13.2. The smallest absolute Gasteiger partial charge is 0.455 e. The van der Waals surface area contributed by atoms with Crippen LogP contribution in [0.25, 0.3) is 6.08 Å². The van der Waals surface area contributed by atoms with Crippen LogP contribution < -0.4 is 10.1 Å². The van der Waals surface area contributed by atoms with E-state index < -0.39 is 6.10 Å². The third kappa shape index (κ3) is 4.79. The summed E-state index contributed by atoms with van der Waals surface area (Å²) < 4.78 is 12.7. The number of benzene rings is 1. The van der Waals surface area contributed by atoms with E-state index in [1.807, 2.05) is 48.6 Å². The van der Waals surface area contributed by atoms with Gasteiger partial charge in [-0.2, -0.15) is 0 Å². The molecule has 0 saturated heterocycles. The number of allylic oxidation sites excluding steroid dienone is 2. The molecule has 1 heterocycles. The Hall–Kier alpha value is -3.15. The van der Waals surface area contributed by atoms with Gasteiger partial charge >= 0.3 is 5.91 Å². The second kappa shape index (κ2) is 9.33. The fourth-order valence-electron chi connectivity index (χ4n) is 4.33. The Morgan fingerprint density at radius 2 is 2.00 bits per heavy atom. The predicted molar refractivity (Wildman–Crippen MR) is 119 cm³/mol. The van der Waals surface area contributed by atoms with Crippen LogP contribution >= 0.6 is 0 Å². The number of nitrogens with zero attached hydrogens (tertiary/aromatic N) is 1. The van der Waals surface area contributed by atoms with Crippen molar-refractivity contribution in [3.05, 3.63) is 59.9 Å². The molecule has 0 bridgehead atoms. The van der Waals surface area contributed by atoms with E-state index in [2.05, 4.69) is 12.2 Å². The first-order valence-corrected chi connectivity index (χ1v) is 10.9. The molecule has 1 aliphatic heterocycles. The van der Waals surface area contributed by atoms with Crippen molar-refractivity contribution in [1.29, 1.82) is 0 Å². The zero-order valence-electron chi connectivity index (χ0n) is 18.0. The zero-order chi connectivity index (χ0) is 21.8. The highest BCUT2D eigenvalue weighted by atomic mass is 16.5. The molecule has 2 amide bonds. The van der Waals surface area contributed by atoms with E-state index >= 15 is 0 Å². The molecule has 162 valence electrons. The molecular formula is C25H29N2O4+. The first kappa shape index (κ1) is 21.1. The minimum Gasteiger partial charge on any atom is -0.497 e. The molecule has 3 aliphatic rings. The number of rotatable bonds is 5. The molecule has 0 spiro atoms. The standard InChI is InChI=1S/C25H28N2O4/c1-17-7-3-4-8-20(17)26-24(28)16-27-21-9-5-6-10-22(21)31-23(25(27)29)15-18-11-13-19(30-2)14-12-18/h5-6,9-15,17,20,22H,3-4,7-8,16H2,1-2H3/p+1/b23-15-. The first-order valence-electron chi connectivity index (χ1n) is 10.9. The van der Waals surface area contributed by atoms with Gasteiger partial charge in [0.05, 0.1) is 7.11 Å². The third-order valence-corrected chi connectivity index (χ3v) is 6.15. The van der Waals surface area contributed by atoms with E-state index in [1.165, 1.54) is 11.0 Å². The maximum absolute atomic E-state index is 13.2. The van der Waals surface area contributed by atoms with Gasteiger partial charge in [0.2, 0.25) is 24.1 Å². The van der Waals surface area contributed by atoms with Crippen LogP contribution in [0.1, 0.15) is 38.2 Å². The number of hydrogen-bond donors (Lipinski definition) is 1. The highest BCUT2D eigenvalue weighted by Gasteiger charge is 2.41. The van der Waals surface area contributed by atoms with Gasteiger partial charge in [-0.3, -0.25) is 4.79 Å². The fraction of sp³-hybridized carbons (Fsp3) is 0.400. The van der Waals surface area contributed by atoms with Crippen LogP contribution in [-0.4, -0.2) is 47.9 Å². The SMILES string of the molecule is COc1ccc(/C=C2\OC3C=CC=CC3=[N+](CC(=O)NC3CCCCC3C)C2=O)cc1. The van der Waals surface area contributed by atoms with Crippen LogP contribution in [0.3, 0.4) is 0 Å². The Balaban J connectivity index is 1.56. The Bertz CT molecular complexity index is 972. The minimum atomic E-state index is -0.395. The van der Waals surface area contributed by atoms with Gasteiger partial charge in [0, 0.05) is 12.1 Å². The number of methoxy groups -OCH3 is 1. The number of hydrogen-bond acceptors (Lipinski definition) is 4. The number of amides is 2. The van der Waals surface area contributed by atoms with Gasteiger partial charge in [-0.15, -0.1) is 4.58 Å². The van der Waals surface area contributed by atoms with Crippen molar-refractivity contribution >= 4 is 23.6 Å². The molecule has 1 saturated carbocycles. The second-order valence-electron chi connectivity index (χ2n) is 8.32. The summed E-state index contributed by atoms with van der Waals surface area (Å²) in [7, 11) is 1.61. The lowest BCUT2D eigenvalue weighted by Crippen LogP contribution is -2.49. The molecule has 2 aliphatic carbocycles. The van der Waals surface area contributed by atoms with Crippen LogP contribution in [0.2, 0.25) is 0 Å². The van der Waals surface area contributed by atoms with Crippen molar-refractivity contribution in [2.24, 2.45) is 5.92 Å². The quantitative estimate of drug-likeness (QED) is 0.586. The van der Waals surface area contributed by atoms with Crippen molar-refractivity contribution < 1.29 is 23.6 Å². The van der Waals surface area contributed by atoms with Crippen molar-refractivity contribution in [1.82, 2.24) is 5.32 Å². The summed E-state index contributed by atoms with van der Waals surface area (Å²) in [6.45, 7) is 2.16. The van der Waals surface area contributed by atoms with Gasteiger partial charge in [-0.1, -0.05) is 44.1 Å². The Morgan fingerprint density at radius 3 is 2.74 bits per heavy atom. The van der Waals surface area contributed by atoms with Crippen LogP contribution in [0.15, 0.2) is 54.3 Å². The second-order valence-corrected chi connectivity index (χ2v) is 8.32. The van der Waals surface area contributed by atoms with Crippen LogP contribution in [0.5, 0.6) is 5.75 Å².